The molecule has 4 heteroatoms. The molecule has 0 aliphatic heterocycles. The van der Waals surface area contributed by atoms with Gasteiger partial charge in [0.1, 0.15) is 5.54 Å². The van der Waals surface area contributed by atoms with E-state index in [0.29, 0.717) is 5.92 Å². The number of hydrogen-bond donors (Lipinski definition) is 3. The van der Waals surface area contributed by atoms with Gasteiger partial charge in [0, 0.05) is 0 Å². The van der Waals surface area contributed by atoms with Crippen molar-refractivity contribution in [1.82, 2.24) is 10.6 Å². The topological polar surface area (TPSA) is 61.4 Å². The molecule has 1 aliphatic rings. The number of hydrogen-bond acceptors (Lipinski definition) is 3. The summed E-state index contributed by atoms with van der Waals surface area (Å²) in [4.78, 5) is 11.1. The first kappa shape index (κ1) is 12.5. The van der Waals surface area contributed by atoms with Gasteiger partial charge in [0.05, 0.1) is 0 Å². The van der Waals surface area contributed by atoms with Crippen molar-refractivity contribution in [2.75, 3.05) is 19.6 Å². The molecule has 1 aliphatic carbocycles. The van der Waals surface area contributed by atoms with Gasteiger partial charge in [-0.05, 0) is 51.7 Å². The van der Waals surface area contributed by atoms with Crippen LogP contribution in [-0.2, 0) is 4.79 Å². The summed E-state index contributed by atoms with van der Waals surface area (Å²) in [5, 5.41) is 15.6. The maximum absolute atomic E-state index is 11.1. The summed E-state index contributed by atoms with van der Waals surface area (Å²) in [7, 11) is 0. The molecule has 88 valence electrons. The van der Waals surface area contributed by atoms with Crippen molar-refractivity contribution >= 4 is 5.97 Å². The van der Waals surface area contributed by atoms with E-state index < -0.39 is 11.5 Å². The molecule has 0 aromatic carbocycles. The highest BCUT2D eigenvalue weighted by molar-refractivity contribution is 5.79. The Morgan fingerprint density at radius 2 is 2.13 bits per heavy atom. The summed E-state index contributed by atoms with van der Waals surface area (Å²) < 4.78 is 0. The van der Waals surface area contributed by atoms with E-state index in [1.165, 1.54) is 0 Å². The highest BCUT2D eigenvalue weighted by Gasteiger charge is 2.46. The summed E-state index contributed by atoms with van der Waals surface area (Å²) in [5.41, 5.74) is -0.702. The maximum Gasteiger partial charge on any atom is 0.323 e. The van der Waals surface area contributed by atoms with E-state index >= 15 is 0 Å². The SMILES string of the molecule is CCNCCCNC(C)(C(=O)O)C1CC1. The number of aliphatic carboxylic acids is 1. The van der Waals surface area contributed by atoms with E-state index in [1.807, 2.05) is 0 Å². The Hall–Kier alpha value is -0.610. The minimum atomic E-state index is -0.714. The summed E-state index contributed by atoms with van der Waals surface area (Å²) >= 11 is 0. The van der Waals surface area contributed by atoms with E-state index in [2.05, 4.69) is 17.6 Å². The Morgan fingerprint density at radius 1 is 1.47 bits per heavy atom. The van der Waals surface area contributed by atoms with Gasteiger partial charge in [-0.1, -0.05) is 6.92 Å². The maximum atomic E-state index is 11.1. The molecule has 0 amide bonds. The van der Waals surface area contributed by atoms with Crippen LogP contribution in [0.3, 0.4) is 0 Å². The van der Waals surface area contributed by atoms with Gasteiger partial charge in [-0.2, -0.15) is 0 Å². The van der Waals surface area contributed by atoms with E-state index in [1.54, 1.807) is 6.92 Å². The van der Waals surface area contributed by atoms with Gasteiger partial charge >= 0.3 is 5.97 Å². The van der Waals surface area contributed by atoms with Crippen molar-refractivity contribution in [2.45, 2.75) is 38.6 Å². The molecule has 0 aromatic heterocycles. The highest BCUT2D eigenvalue weighted by atomic mass is 16.4. The fourth-order valence-electron chi connectivity index (χ4n) is 1.79. The second-order valence-electron chi connectivity index (χ2n) is 4.42. The Kier molecular flexibility index (Phi) is 4.54. The molecule has 0 heterocycles. The number of nitrogens with one attached hydrogen (secondary N) is 2. The van der Waals surface area contributed by atoms with Crippen LogP contribution in [0.2, 0.25) is 0 Å². The smallest absolute Gasteiger partial charge is 0.323 e. The van der Waals surface area contributed by atoms with Crippen LogP contribution in [0.5, 0.6) is 0 Å². The first-order valence-electron chi connectivity index (χ1n) is 5.80. The molecule has 4 nitrogen and oxygen atoms in total. The molecule has 0 bridgehead atoms. The van der Waals surface area contributed by atoms with Gasteiger partial charge in [0.25, 0.3) is 0 Å². The van der Waals surface area contributed by atoms with Crippen LogP contribution in [0.25, 0.3) is 0 Å². The van der Waals surface area contributed by atoms with Crippen LogP contribution in [0.15, 0.2) is 0 Å². The molecule has 1 fully saturated rings. The second kappa shape index (κ2) is 5.47. The Morgan fingerprint density at radius 3 is 2.60 bits per heavy atom. The summed E-state index contributed by atoms with van der Waals surface area (Å²) in [6, 6.07) is 0. The van der Waals surface area contributed by atoms with Crippen molar-refractivity contribution < 1.29 is 9.90 Å². The average Bonchev–Trinajstić information content (AvgIpc) is 3.00. The predicted molar refractivity (Wildman–Crippen MR) is 59.9 cm³/mol. The van der Waals surface area contributed by atoms with Gasteiger partial charge in [0.2, 0.25) is 0 Å². The monoisotopic (exact) mass is 214 g/mol. The Bertz CT molecular complexity index is 217. The first-order chi connectivity index (χ1) is 7.11. The molecule has 0 aromatic rings. The first-order valence-corrected chi connectivity index (χ1v) is 5.80. The minimum absolute atomic E-state index is 0.328. The van der Waals surface area contributed by atoms with Crippen LogP contribution in [0.1, 0.15) is 33.1 Å². The number of carboxylic acid groups (broad SMARTS) is 1. The van der Waals surface area contributed by atoms with Crippen molar-refractivity contribution in [3.63, 3.8) is 0 Å². The summed E-state index contributed by atoms with van der Waals surface area (Å²) in [6.07, 6.45) is 3.06. The standard InChI is InChI=1S/C11H22N2O2/c1-3-12-7-4-8-13-11(2,10(14)15)9-5-6-9/h9,12-13H,3-8H2,1-2H3,(H,14,15). The molecular weight excluding hydrogens is 192 g/mol. The molecule has 1 unspecified atom stereocenters. The molecular formula is C11H22N2O2. The molecule has 1 rings (SSSR count). The third-order valence-electron chi connectivity index (χ3n) is 3.11. The van der Waals surface area contributed by atoms with Gasteiger partial charge in [-0.25, -0.2) is 0 Å². The third-order valence-corrected chi connectivity index (χ3v) is 3.11. The number of carboxylic acids is 1. The lowest BCUT2D eigenvalue weighted by atomic mass is 9.96. The zero-order valence-electron chi connectivity index (χ0n) is 9.68. The van der Waals surface area contributed by atoms with Crippen LogP contribution in [0, 0.1) is 5.92 Å². The van der Waals surface area contributed by atoms with Crippen molar-refractivity contribution in [1.29, 1.82) is 0 Å². The largest absolute Gasteiger partial charge is 0.480 e. The normalized spacial score (nSPS) is 19.9. The third kappa shape index (κ3) is 3.47. The Balaban J connectivity index is 2.23. The van der Waals surface area contributed by atoms with Crippen LogP contribution in [-0.4, -0.2) is 36.2 Å². The fourth-order valence-corrected chi connectivity index (χ4v) is 1.79. The van der Waals surface area contributed by atoms with Crippen LogP contribution in [0.4, 0.5) is 0 Å². The zero-order valence-corrected chi connectivity index (χ0v) is 9.68. The van der Waals surface area contributed by atoms with Gasteiger partial charge in [-0.3, -0.25) is 4.79 Å². The van der Waals surface area contributed by atoms with Gasteiger partial charge in [-0.15, -0.1) is 0 Å². The average molecular weight is 214 g/mol. The van der Waals surface area contributed by atoms with E-state index in [0.717, 1.165) is 38.9 Å². The molecule has 3 N–H and O–H groups in total. The van der Waals surface area contributed by atoms with E-state index in [4.69, 9.17) is 5.11 Å². The van der Waals surface area contributed by atoms with Crippen molar-refractivity contribution in [3.8, 4) is 0 Å². The molecule has 0 spiro atoms. The van der Waals surface area contributed by atoms with E-state index in [9.17, 15) is 4.79 Å². The van der Waals surface area contributed by atoms with Gasteiger partial charge < -0.3 is 15.7 Å². The summed E-state index contributed by atoms with van der Waals surface area (Å²) in [5.74, 6) is -0.386. The lowest BCUT2D eigenvalue weighted by Gasteiger charge is -2.26. The molecule has 0 saturated heterocycles. The predicted octanol–water partition coefficient (Wildman–Crippen LogP) is 0.829. The fraction of sp³-hybridized carbons (Fsp3) is 0.909. The van der Waals surface area contributed by atoms with Crippen LogP contribution < -0.4 is 10.6 Å². The lowest BCUT2D eigenvalue weighted by molar-refractivity contribution is -0.145. The summed E-state index contributed by atoms with van der Waals surface area (Å²) in [6.45, 7) is 6.56. The zero-order chi connectivity index (χ0) is 11.3. The molecule has 0 radical (unpaired) electrons. The van der Waals surface area contributed by atoms with Crippen LogP contribution >= 0.6 is 0 Å². The second-order valence-corrected chi connectivity index (χ2v) is 4.42. The minimum Gasteiger partial charge on any atom is -0.480 e. The van der Waals surface area contributed by atoms with E-state index in [-0.39, 0.29) is 0 Å². The van der Waals surface area contributed by atoms with Gasteiger partial charge in [0.15, 0.2) is 0 Å². The number of carbonyl (C=O) groups is 1. The number of rotatable bonds is 8. The highest BCUT2D eigenvalue weighted by Crippen LogP contribution is 2.39. The molecule has 15 heavy (non-hydrogen) atoms. The quantitative estimate of drug-likeness (QED) is 0.524. The lowest BCUT2D eigenvalue weighted by Crippen LogP contribution is -2.52. The molecule has 1 saturated carbocycles. The van der Waals surface area contributed by atoms with Crippen molar-refractivity contribution in [2.24, 2.45) is 5.92 Å². The van der Waals surface area contributed by atoms with Crippen molar-refractivity contribution in [3.05, 3.63) is 0 Å². The molecule has 1 atom stereocenters. The Labute approximate surface area is 91.4 Å².